The van der Waals surface area contributed by atoms with Crippen molar-refractivity contribution in [3.8, 4) is 11.5 Å². The second-order valence-electron chi connectivity index (χ2n) is 4.98. The van der Waals surface area contributed by atoms with Crippen molar-refractivity contribution in [2.75, 3.05) is 7.05 Å². The fourth-order valence-electron chi connectivity index (χ4n) is 2.09. The zero-order valence-corrected chi connectivity index (χ0v) is 15.0. The average Bonchev–Trinajstić information content (AvgIpc) is 2.98. The first kappa shape index (κ1) is 16.6. The lowest BCUT2D eigenvalue weighted by Crippen LogP contribution is -2.19. The Morgan fingerprint density at radius 1 is 0.958 bits per heavy atom. The van der Waals surface area contributed by atoms with Crippen molar-refractivity contribution in [3.05, 3.63) is 78.0 Å². The third-order valence-electron chi connectivity index (χ3n) is 3.14. The van der Waals surface area contributed by atoms with E-state index < -0.39 is 6.64 Å². The molecule has 0 saturated heterocycles. The van der Waals surface area contributed by atoms with Crippen LogP contribution in [-0.4, -0.2) is 11.6 Å². The predicted molar refractivity (Wildman–Crippen MR) is 96.7 cm³/mol. The van der Waals surface area contributed by atoms with Crippen molar-refractivity contribution < 1.29 is 13.6 Å². The Bertz CT molecular complexity index is 874. The summed E-state index contributed by atoms with van der Waals surface area (Å²) in [7, 11) is 1.67. The highest BCUT2D eigenvalue weighted by atomic mass is 32.5. The Labute approximate surface area is 145 Å². The molecule has 7 heteroatoms. The van der Waals surface area contributed by atoms with Gasteiger partial charge in [0.05, 0.1) is 0 Å². The van der Waals surface area contributed by atoms with Crippen molar-refractivity contribution in [1.29, 1.82) is 0 Å². The van der Waals surface area contributed by atoms with Crippen molar-refractivity contribution in [3.63, 3.8) is 0 Å². The number of nitrogens with zero attached hydrogens (tertiary/aromatic N) is 2. The highest BCUT2D eigenvalue weighted by molar-refractivity contribution is 8.09. The van der Waals surface area contributed by atoms with Crippen molar-refractivity contribution in [2.24, 2.45) is 4.99 Å². The predicted octanol–water partition coefficient (Wildman–Crippen LogP) is 4.15. The number of aryl methyl sites for hydroxylation is 1. The van der Waals surface area contributed by atoms with Gasteiger partial charge in [0, 0.05) is 24.9 Å². The normalized spacial score (nSPS) is 12.2. The quantitative estimate of drug-likeness (QED) is 0.642. The lowest BCUT2D eigenvalue weighted by molar-refractivity contribution is 0.312. The van der Waals surface area contributed by atoms with Gasteiger partial charge in [-0.15, -0.1) is 0 Å². The summed E-state index contributed by atoms with van der Waals surface area (Å²) in [5.74, 6) is 1.90. The molecule has 124 valence electrons. The number of hydrogen-bond donors (Lipinski definition) is 0. The van der Waals surface area contributed by atoms with Crippen LogP contribution in [0.4, 0.5) is 0 Å². The Kier molecular flexibility index (Phi) is 4.88. The Hall–Kier alpha value is -2.30. The molecule has 5 nitrogen and oxygen atoms in total. The molecule has 0 N–H and O–H groups in total. The fraction of sp³-hybridized carbons (Fsp3) is 0.118. The number of benzene rings is 2. The summed E-state index contributed by atoms with van der Waals surface area (Å²) in [5, 5.41) is 0. The van der Waals surface area contributed by atoms with Crippen LogP contribution < -0.4 is 14.5 Å². The SMILES string of the molecule is CN=c1cc(C)on1P(=S)(Oc1ccccc1)Oc1ccccc1. The van der Waals surface area contributed by atoms with Gasteiger partial charge in [0.25, 0.3) is 0 Å². The Balaban J connectivity index is 2.08. The molecule has 0 fully saturated rings. The van der Waals surface area contributed by atoms with E-state index in [1.165, 1.54) is 4.51 Å². The maximum absolute atomic E-state index is 6.06. The average molecular weight is 360 g/mol. The van der Waals surface area contributed by atoms with E-state index in [-0.39, 0.29) is 0 Å². The number of para-hydroxylation sites is 2. The molecule has 1 aromatic heterocycles. The first-order valence-electron chi connectivity index (χ1n) is 7.34. The summed E-state index contributed by atoms with van der Waals surface area (Å²) in [6.45, 7) is -1.23. The second kappa shape index (κ2) is 7.07. The van der Waals surface area contributed by atoms with Gasteiger partial charge in [-0.05, 0) is 31.2 Å². The number of rotatable bonds is 5. The second-order valence-corrected chi connectivity index (χ2v) is 8.03. The third kappa shape index (κ3) is 3.61. The van der Waals surface area contributed by atoms with E-state index in [0.717, 1.165) is 0 Å². The summed E-state index contributed by atoms with van der Waals surface area (Å²) in [5.41, 5.74) is 0.572. The van der Waals surface area contributed by atoms with Crippen molar-refractivity contribution in [2.45, 2.75) is 6.92 Å². The van der Waals surface area contributed by atoms with E-state index >= 15 is 0 Å². The summed E-state index contributed by atoms with van der Waals surface area (Å²) < 4.78 is 19.3. The molecule has 2 aromatic carbocycles. The lowest BCUT2D eigenvalue weighted by Gasteiger charge is -2.22. The molecule has 0 aliphatic rings. The van der Waals surface area contributed by atoms with Gasteiger partial charge in [0.15, 0.2) is 5.49 Å². The standard InChI is InChI=1S/C17H17N2O3PS/c1-14-13-17(18-2)19(20-14)23(24,21-15-9-5-3-6-10-15)22-16-11-7-4-8-12-16/h3-13H,1-2H3. The Morgan fingerprint density at radius 3 is 1.92 bits per heavy atom. The fourth-order valence-corrected chi connectivity index (χ4v) is 4.55. The molecule has 0 aliphatic carbocycles. The smallest absolute Gasteiger partial charge is 0.419 e. The topological polar surface area (TPSA) is 48.9 Å². The minimum Gasteiger partial charge on any atom is -0.419 e. The largest absolute Gasteiger partial charge is 0.430 e. The van der Waals surface area contributed by atoms with Crippen LogP contribution in [0.2, 0.25) is 0 Å². The molecule has 0 amide bonds. The van der Waals surface area contributed by atoms with Gasteiger partial charge in [0.2, 0.25) is 0 Å². The van der Waals surface area contributed by atoms with Crippen LogP contribution in [0.5, 0.6) is 11.5 Å². The molecule has 0 atom stereocenters. The number of aromatic nitrogens is 1. The van der Waals surface area contributed by atoms with Gasteiger partial charge < -0.3 is 13.6 Å². The summed E-state index contributed by atoms with van der Waals surface area (Å²) in [6.07, 6.45) is 0. The Morgan fingerprint density at radius 2 is 1.46 bits per heavy atom. The zero-order chi connectivity index (χ0) is 17.0. The van der Waals surface area contributed by atoms with E-state index in [1.54, 1.807) is 13.1 Å². The highest BCUT2D eigenvalue weighted by Crippen LogP contribution is 2.49. The molecule has 24 heavy (non-hydrogen) atoms. The first-order chi connectivity index (χ1) is 11.6. The minimum absolute atomic E-state index is 0.572. The molecule has 1 heterocycles. The molecule has 3 rings (SSSR count). The highest BCUT2D eigenvalue weighted by Gasteiger charge is 2.29. The summed E-state index contributed by atoms with van der Waals surface area (Å²) >= 11 is 5.78. The zero-order valence-electron chi connectivity index (χ0n) is 13.3. The van der Waals surface area contributed by atoms with Gasteiger partial charge in [-0.1, -0.05) is 40.9 Å². The molecule has 0 saturated carbocycles. The molecule has 0 bridgehead atoms. The molecule has 0 unspecified atom stereocenters. The van der Waals surface area contributed by atoms with Crippen LogP contribution in [0.3, 0.4) is 0 Å². The van der Waals surface area contributed by atoms with E-state index in [9.17, 15) is 0 Å². The van der Waals surface area contributed by atoms with E-state index in [4.69, 9.17) is 25.4 Å². The van der Waals surface area contributed by atoms with Crippen LogP contribution in [0.25, 0.3) is 0 Å². The third-order valence-corrected chi connectivity index (χ3v) is 5.65. The lowest BCUT2D eigenvalue weighted by atomic mass is 10.3. The maximum Gasteiger partial charge on any atom is 0.430 e. The van der Waals surface area contributed by atoms with Crippen LogP contribution in [0.1, 0.15) is 5.76 Å². The first-order valence-corrected chi connectivity index (χ1v) is 9.93. The van der Waals surface area contributed by atoms with Crippen LogP contribution >= 0.6 is 6.64 Å². The van der Waals surface area contributed by atoms with Gasteiger partial charge in [-0.2, -0.15) is 0 Å². The van der Waals surface area contributed by atoms with Gasteiger partial charge in [-0.25, -0.2) is 0 Å². The van der Waals surface area contributed by atoms with Gasteiger partial charge in [-0.3, -0.25) is 4.99 Å². The van der Waals surface area contributed by atoms with Crippen LogP contribution in [0, 0.1) is 6.92 Å². The number of hydrogen-bond acceptors (Lipinski definition) is 5. The molecule has 0 spiro atoms. The van der Waals surface area contributed by atoms with E-state index in [1.807, 2.05) is 67.6 Å². The minimum atomic E-state index is -3.06. The molecule has 0 radical (unpaired) electrons. The maximum atomic E-state index is 6.06. The van der Waals surface area contributed by atoms with Crippen LogP contribution in [-0.2, 0) is 11.8 Å². The van der Waals surface area contributed by atoms with Gasteiger partial charge >= 0.3 is 6.64 Å². The van der Waals surface area contributed by atoms with E-state index in [2.05, 4.69) is 4.99 Å². The molecule has 0 aliphatic heterocycles. The van der Waals surface area contributed by atoms with E-state index in [0.29, 0.717) is 22.7 Å². The molecular weight excluding hydrogens is 343 g/mol. The molecular formula is C17H17N2O3PS. The van der Waals surface area contributed by atoms with Crippen molar-refractivity contribution in [1.82, 2.24) is 4.51 Å². The van der Waals surface area contributed by atoms with Crippen molar-refractivity contribution >= 4 is 18.4 Å². The summed E-state index contributed by atoms with van der Waals surface area (Å²) in [4.78, 5) is 4.21. The molecule has 3 aromatic rings. The van der Waals surface area contributed by atoms with Gasteiger partial charge in [0.1, 0.15) is 17.3 Å². The van der Waals surface area contributed by atoms with Crippen LogP contribution in [0.15, 0.2) is 76.2 Å². The summed E-state index contributed by atoms with van der Waals surface area (Å²) in [6, 6.07) is 20.4. The monoisotopic (exact) mass is 360 g/mol.